The second kappa shape index (κ2) is 8.19. The van der Waals surface area contributed by atoms with Crippen LogP contribution in [0.25, 0.3) is 11.1 Å². The fraction of sp³-hybridized carbons (Fsp3) is 0.480. The van der Waals surface area contributed by atoms with Gasteiger partial charge in [0.25, 0.3) is 0 Å². The summed E-state index contributed by atoms with van der Waals surface area (Å²) in [6.07, 6.45) is -1.73. The molecule has 2 bridgehead atoms. The Bertz CT molecular complexity index is 999. The number of hydrogen-bond donors (Lipinski definition) is 1. The van der Waals surface area contributed by atoms with E-state index in [0.29, 0.717) is 5.92 Å². The number of halogens is 3. The second-order valence-electron chi connectivity index (χ2n) is 9.22. The van der Waals surface area contributed by atoms with Crippen LogP contribution >= 0.6 is 0 Å². The molecule has 4 nitrogen and oxygen atoms in total. The molecule has 2 heterocycles. The fourth-order valence-electron chi connectivity index (χ4n) is 5.51. The monoisotopic (exact) mass is 444 g/mol. The van der Waals surface area contributed by atoms with Gasteiger partial charge < -0.3 is 14.9 Å². The van der Waals surface area contributed by atoms with Gasteiger partial charge in [-0.2, -0.15) is 13.2 Å². The molecule has 5 rings (SSSR count). The number of alkyl halides is 3. The molecular formula is C25H27F3N2O2. The summed E-state index contributed by atoms with van der Waals surface area (Å²) in [7, 11) is 0. The van der Waals surface area contributed by atoms with Crippen molar-refractivity contribution < 1.29 is 23.1 Å². The van der Waals surface area contributed by atoms with Crippen molar-refractivity contribution in [1.82, 2.24) is 9.80 Å². The quantitative estimate of drug-likeness (QED) is 0.741. The lowest BCUT2D eigenvalue weighted by Gasteiger charge is -2.43. The van der Waals surface area contributed by atoms with Crippen LogP contribution in [0.15, 0.2) is 42.5 Å². The molecule has 2 atom stereocenters. The van der Waals surface area contributed by atoms with Crippen molar-refractivity contribution in [2.75, 3.05) is 32.8 Å². The van der Waals surface area contributed by atoms with E-state index in [2.05, 4.69) is 17.0 Å². The highest BCUT2D eigenvalue weighted by molar-refractivity contribution is 5.81. The van der Waals surface area contributed by atoms with E-state index in [9.17, 15) is 18.0 Å². The van der Waals surface area contributed by atoms with E-state index in [1.165, 1.54) is 17.7 Å². The third-order valence-electron chi connectivity index (χ3n) is 7.26. The van der Waals surface area contributed by atoms with Gasteiger partial charge in [-0.25, -0.2) is 0 Å². The van der Waals surface area contributed by atoms with E-state index >= 15 is 0 Å². The highest BCUT2D eigenvalue weighted by Crippen LogP contribution is 2.50. The number of likely N-dealkylation sites (tertiary alicyclic amines) is 2. The number of carbonyl (C=O) groups excluding carboxylic acids is 1. The molecule has 32 heavy (non-hydrogen) atoms. The summed E-state index contributed by atoms with van der Waals surface area (Å²) in [5.74, 6) is 0.678. The lowest BCUT2D eigenvalue weighted by atomic mass is 9.92. The van der Waals surface area contributed by atoms with Gasteiger partial charge >= 0.3 is 6.18 Å². The zero-order valence-electron chi connectivity index (χ0n) is 17.8. The van der Waals surface area contributed by atoms with Crippen LogP contribution < -0.4 is 0 Å². The standard InChI is InChI=1S/C25H27F3N2O2/c26-25(27,28)20-5-2-16(3-6-20)17-4-7-21-18-8-10-30(23(13-18)22(21)12-17)24(32)19-14-29(15-19)9-1-11-31/h2-7,12,18-19,23,31H,1,8-11,13-15H2/t18-,23?/m1/s1. The van der Waals surface area contributed by atoms with Gasteiger partial charge in [-0.1, -0.05) is 24.3 Å². The molecule has 1 amide bonds. The fourth-order valence-corrected chi connectivity index (χ4v) is 5.51. The average molecular weight is 444 g/mol. The topological polar surface area (TPSA) is 43.8 Å². The van der Waals surface area contributed by atoms with Gasteiger partial charge in [0.2, 0.25) is 5.91 Å². The first-order chi connectivity index (χ1) is 15.3. The van der Waals surface area contributed by atoms with Crippen LogP contribution in [0.4, 0.5) is 13.2 Å². The molecule has 2 saturated heterocycles. The molecule has 1 N–H and O–H groups in total. The smallest absolute Gasteiger partial charge is 0.396 e. The number of aliphatic hydroxyl groups excluding tert-OH is 1. The summed E-state index contributed by atoms with van der Waals surface area (Å²) < 4.78 is 38.7. The molecule has 1 unspecified atom stereocenters. The zero-order chi connectivity index (χ0) is 22.5. The molecule has 1 aliphatic carbocycles. The average Bonchev–Trinajstić information content (AvgIpc) is 3.03. The minimum atomic E-state index is -4.34. The number of aliphatic hydroxyl groups is 1. The predicted octanol–water partition coefficient (Wildman–Crippen LogP) is 4.45. The van der Waals surface area contributed by atoms with Gasteiger partial charge in [0.05, 0.1) is 17.5 Å². The Balaban J connectivity index is 1.34. The number of carbonyl (C=O) groups is 1. The third kappa shape index (κ3) is 3.82. The van der Waals surface area contributed by atoms with Crippen molar-refractivity contribution in [2.24, 2.45) is 5.92 Å². The van der Waals surface area contributed by atoms with Crippen LogP contribution in [0.5, 0.6) is 0 Å². The van der Waals surface area contributed by atoms with Crippen molar-refractivity contribution in [1.29, 1.82) is 0 Å². The Morgan fingerprint density at radius 2 is 1.75 bits per heavy atom. The van der Waals surface area contributed by atoms with E-state index in [4.69, 9.17) is 5.11 Å². The maximum Gasteiger partial charge on any atom is 0.416 e. The maximum absolute atomic E-state index is 13.2. The summed E-state index contributed by atoms with van der Waals surface area (Å²) in [4.78, 5) is 17.5. The van der Waals surface area contributed by atoms with E-state index in [1.54, 1.807) is 0 Å². The first-order valence-corrected chi connectivity index (χ1v) is 11.3. The van der Waals surface area contributed by atoms with Crippen LogP contribution in [0, 0.1) is 5.92 Å². The number of benzene rings is 2. The van der Waals surface area contributed by atoms with Crippen molar-refractivity contribution >= 4 is 5.91 Å². The number of rotatable bonds is 5. The first kappa shape index (κ1) is 21.5. The maximum atomic E-state index is 13.2. The molecule has 3 aliphatic rings. The number of piperidine rings is 1. The van der Waals surface area contributed by atoms with Gasteiger partial charge in [-0.05, 0) is 65.6 Å². The van der Waals surface area contributed by atoms with Gasteiger partial charge in [-0.3, -0.25) is 4.79 Å². The summed E-state index contributed by atoms with van der Waals surface area (Å²) in [5, 5.41) is 8.98. The first-order valence-electron chi connectivity index (χ1n) is 11.3. The summed E-state index contributed by atoms with van der Waals surface area (Å²) in [6.45, 7) is 3.26. The van der Waals surface area contributed by atoms with Crippen LogP contribution in [0.1, 0.15) is 47.9 Å². The largest absolute Gasteiger partial charge is 0.416 e. The minimum Gasteiger partial charge on any atom is -0.396 e. The van der Waals surface area contributed by atoms with Gasteiger partial charge in [0.1, 0.15) is 0 Å². The molecule has 2 aliphatic heterocycles. The lowest BCUT2D eigenvalue weighted by molar-refractivity contribution is -0.145. The van der Waals surface area contributed by atoms with E-state index < -0.39 is 11.7 Å². The van der Waals surface area contributed by atoms with E-state index in [0.717, 1.165) is 74.3 Å². The molecule has 7 heteroatoms. The van der Waals surface area contributed by atoms with Crippen LogP contribution in [0.3, 0.4) is 0 Å². The number of hydrogen-bond acceptors (Lipinski definition) is 3. The molecule has 0 spiro atoms. The Morgan fingerprint density at radius 3 is 2.44 bits per heavy atom. The molecule has 170 valence electrons. The second-order valence-corrected chi connectivity index (χ2v) is 9.22. The molecule has 2 fully saturated rings. The van der Waals surface area contributed by atoms with Crippen LogP contribution in [-0.4, -0.2) is 53.6 Å². The Labute approximate surface area is 185 Å². The Hall–Kier alpha value is -2.38. The highest BCUT2D eigenvalue weighted by atomic mass is 19.4. The summed E-state index contributed by atoms with van der Waals surface area (Å²) in [5.41, 5.74) is 3.41. The summed E-state index contributed by atoms with van der Waals surface area (Å²) in [6, 6.07) is 11.5. The molecule has 0 radical (unpaired) electrons. The molecule has 0 aromatic heterocycles. The number of nitrogens with zero attached hydrogens (tertiary/aromatic N) is 2. The van der Waals surface area contributed by atoms with Crippen molar-refractivity contribution in [3.8, 4) is 11.1 Å². The predicted molar refractivity (Wildman–Crippen MR) is 115 cm³/mol. The lowest BCUT2D eigenvalue weighted by Crippen LogP contribution is -2.55. The number of fused-ring (bicyclic) bond motifs is 5. The normalized spacial score (nSPS) is 23.2. The molecule has 2 aromatic rings. The van der Waals surface area contributed by atoms with Crippen molar-refractivity contribution in [3.05, 3.63) is 59.2 Å². The molecule has 2 aromatic carbocycles. The Morgan fingerprint density at radius 1 is 1.03 bits per heavy atom. The summed E-state index contributed by atoms with van der Waals surface area (Å²) >= 11 is 0. The van der Waals surface area contributed by atoms with Crippen molar-refractivity contribution in [3.63, 3.8) is 0 Å². The number of amides is 1. The zero-order valence-corrected chi connectivity index (χ0v) is 17.8. The highest BCUT2D eigenvalue weighted by Gasteiger charge is 2.44. The van der Waals surface area contributed by atoms with Gasteiger partial charge in [0, 0.05) is 32.8 Å². The van der Waals surface area contributed by atoms with Gasteiger partial charge in [0.15, 0.2) is 0 Å². The van der Waals surface area contributed by atoms with Crippen molar-refractivity contribution in [2.45, 2.75) is 37.4 Å². The Kier molecular flexibility index (Phi) is 5.50. The third-order valence-corrected chi connectivity index (χ3v) is 7.26. The van der Waals surface area contributed by atoms with E-state index in [-0.39, 0.29) is 24.5 Å². The van der Waals surface area contributed by atoms with E-state index in [1.807, 2.05) is 11.0 Å². The van der Waals surface area contributed by atoms with Crippen LogP contribution in [0.2, 0.25) is 0 Å². The SMILES string of the molecule is O=C(C1CN(CCCO)C1)N1CC[C@@H]2CC1c1cc(-c3ccc(C(F)(F)F)cc3)ccc12. The molecule has 0 saturated carbocycles. The molecular weight excluding hydrogens is 417 g/mol. The minimum absolute atomic E-state index is 0.0207. The van der Waals surface area contributed by atoms with Gasteiger partial charge in [-0.15, -0.1) is 0 Å². The van der Waals surface area contributed by atoms with Crippen LogP contribution in [-0.2, 0) is 11.0 Å².